The monoisotopic (exact) mass is 555 g/mol. The molecule has 2 aromatic carbocycles. The number of carbonyl (C=O) groups excluding carboxylic acids is 1. The first kappa shape index (κ1) is 27.4. The van der Waals surface area contributed by atoms with Crippen LogP contribution < -0.4 is 20.3 Å². The van der Waals surface area contributed by atoms with Crippen LogP contribution in [0.5, 0.6) is 5.75 Å². The number of ether oxygens (including phenoxy) is 2. The second-order valence-electron chi connectivity index (χ2n) is 9.84. The third kappa shape index (κ3) is 5.17. The summed E-state index contributed by atoms with van der Waals surface area (Å²) in [6.45, 7) is 6.21. The molecule has 1 amide bonds. The molecule has 3 heterocycles. The van der Waals surface area contributed by atoms with E-state index in [1.807, 2.05) is 61.5 Å². The lowest BCUT2D eigenvalue weighted by atomic mass is 9.96. The smallest absolute Gasteiger partial charge is 0.250 e. The van der Waals surface area contributed by atoms with Crippen molar-refractivity contribution in [2.24, 2.45) is 0 Å². The first-order valence-corrected chi connectivity index (χ1v) is 13.5. The van der Waals surface area contributed by atoms with Gasteiger partial charge < -0.3 is 29.6 Å². The van der Waals surface area contributed by atoms with E-state index in [9.17, 15) is 4.79 Å². The molecule has 1 aliphatic heterocycles. The summed E-state index contributed by atoms with van der Waals surface area (Å²) in [4.78, 5) is 19.0. The number of nitrogens with one attached hydrogen (secondary N) is 2. The van der Waals surface area contributed by atoms with E-state index in [0.29, 0.717) is 5.11 Å². The number of nitrogens with zero attached hydrogens (tertiary/aromatic N) is 3. The predicted molar refractivity (Wildman–Crippen MR) is 161 cm³/mol. The van der Waals surface area contributed by atoms with Crippen molar-refractivity contribution < 1.29 is 14.3 Å². The van der Waals surface area contributed by atoms with Gasteiger partial charge in [0.05, 0.1) is 24.9 Å². The second-order valence-corrected chi connectivity index (χ2v) is 10.2. The Balaban J connectivity index is 1.61. The van der Waals surface area contributed by atoms with Gasteiger partial charge in [-0.2, -0.15) is 0 Å². The van der Waals surface area contributed by atoms with Gasteiger partial charge in [-0.1, -0.05) is 12.1 Å². The molecule has 1 aliphatic rings. The van der Waals surface area contributed by atoms with Gasteiger partial charge in [0.1, 0.15) is 12.4 Å². The number of hydrogen-bond acceptors (Lipinski definition) is 5. The van der Waals surface area contributed by atoms with E-state index in [1.165, 1.54) is 7.11 Å². The zero-order valence-electron chi connectivity index (χ0n) is 23.3. The Kier molecular flexibility index (Phi) is 7.86. The van der Waals surface area contributed by atoms with Gasteiger partial charge >= 0.3 is 0 Å². The molecule has 1 saturated heterocycles. The largest absolute Gasteiger partial charge is 0.497 e. The molecule has 8 nitrogen and oxygen atoms in total. The molecule has 0 spiro atoms. The van der Waals surface area contributed by atoms with Crippen LogP contribution in [0, 0.1) is 20.8 Å². The normalized spacial score (nSPS) is 16.6. The number of carbonyl (C=O) groups is 1. The quantitative estimate of drug-likeness (QED) is 0.275. The topological polar surface area (TPSA) is 80.7 Å². The Labute approximate surface area is 239 Å². The van der Waals surface area contributed by atoms with Crippen molar-refractivity contribution in [2.45, 2.75) is 32.9 Å². The molecule has 5 rings (SSSR count). The van der Waals surface area contributed by atoms with E-state index in [4.69, 9.17) is 21.7 Å². The Bertz CT molecular complexity index is 1550. The van der Waals surface area contributed by atoms with Gasteiger partial charge in [0.2, 0.25) is 5.91 Å². The van der Waals surface area contributed by atoms with Gasteiger partial charge in [0.25, 0.3) is 0 Å². The van der Waals surface area contributed by atoms with Gasteiger partial charge in [-0.25, -0.2) is 0 Å². The molecule has 0 saturated carbocycles. The van der Waals surface area contributed by atoms with Crippen molar-refractivity contribution in [2.75, 3.05) is 31.0 Å². The lowest BCUT2D eigenvalue weighted by molar-refractivity contribution is -0.119. The number of anilines is 2. The maximum Gasteiger partial charge on any atom is 0.250 e. The number of rotatable bonds is 8. The molecule has 9 heteroatoms. The molecule has 2 aromatic heterocycles. The van der Waals surface area contributed by atoms with Crippen molar-refractivity contribution in [1.82, 2.24) is 14.9 Å². The Morgan fingerprint density at radius 3 is 2.55 bits per heavy atom. The van der Waals surface area contributed by atoms with Crippen molar-refractivity contribution in [3.05, 3.63) is 101 Å². The maximum atomic E-state index is 12.1. The van der Waals surface area contributed by atoms with Crippen LogP contribution in [-0.4, -0.2) is 41.4 Å². The highest BCUT2D eigenvalue weighted by Crippen LogP contribution is 2.44. The average Bonchev–Trinajstić information content (AvgIpc) is 3.45. The number of hydrogen-bond donors (Lipinski definition) is 2. The minimum Gasteiger partial charge on any atom is -0.497 e. The summed E-state index contributed by atoms with van der Waals surface area (Å²) in [5.41, 5.74) is 7.86. The zero-order valence-corrected chi connectivity index (χ0v) is 24.1. The molecule has 40 heavy (non-hydrogen) atoms. The number of thiocarbonyl (C=S) groups is 1. The van der Waals surface area contributed by atoms with Crippen LogP contribution in [0.2, 0.25) is 0 Å². The van der Waals surface area contributed by atoms with Gasteiger partial charge in [0, 0.05) is 47.8 Å². The molecule has 2 unspecified atom stereocenters. The fourth-order valence-corrected chi connectivity index (χ4v) is 5.78. The van der Waals surface area contributed by atoms with Crippen LogP contribution in [0.25, 0.3) is 5.69 Å². The lowest BCUT2D eigenvalue weighted by Crippen LogP contribution is -2.29. The summed E-state index contributed by atoms with van der Waals surface area (Å²) in [5.74, 6) is 0.603. The number of aryl methyl sites for hydroxylation is 2. The Morgan fingerprint density at radius 2 is 1.85 bits per heavy atom. The number of aromatic nitrogens is 2. The minimum absolute atomic E-state index is 0.00193. The van der Waals surface area contributed by atoms with Gasteiger partial charge in [-0.15, -0.1) is 0 Å². The first-order valence-electron chi connectivity index (χ1n) is 13.1. The molecule has 4 aromatic rings. The molecule has 2 N–H and O–H groups in total. The molecule has 206 valence electrons. The van der Waals surface area contributed by atoms with E-state index < -0.39 is 0 Å². The van der Waals surface area contributed by atoms with Crippen molar-refractivity contribution in [1.29, 1.82) is 0 Å². The molecule has 0 radical (unpaired) electrons. The fourth-order valence-electron chi connectivity index (χ4n) is 5.44. The van der Waals surface area contributed by atoms with Gasteiger partial charge in [-0.05, 0) is 92.6 Å². The fraction of sp³-hybridized carbons (Fsp3) is 0.258. The van der Waals surface area contributed by atoms with E-state index in [1.54, 1.807) is 13.3 Å². The first-order chi connectivity index (χ1) is 19.3. The van der Waals surface area contributed by atoms with Gasteiger partial charge in [0.15, 0.2) is 5.11 Å². The molecule has 0 aliphatic carbocycles. The second kappa shape index (κ2) is 11.5. The SMILES string of the molecule is COCC(=O)Nc1ccc(N2C(=S)NC(c3ccccn3)C2c2cc(C)n(-c3cccc(OC)c3)c2C)cc1C. The van der Waals surface area contributed by atoms with E-state index in [-0.39, 0.29) is 24.6 Å². The molecular weight excluding hydrogens is 522 g/mol. The van der Waals surface area contributed by atoms with Crippen molar-refractivity contribution in [3.8, 4) is 11.4 Å². The standard InChI is InChI=1S/C31H33N5O3S/c1-19-15-23(12-13-26(19)33-28(37)18-38-4)36-30(29(34-31(36)40)27-11-6-7-14-32-27)25-16-20(2)35(21(25)3)22-9-8-10-24(17-22)39-5/h6-17,29-30H,18H2,1-5H3,(H,33,37)(H,34,40). The summed E-state index contributed by atoms with van der Waals surface area (Å²) in [6.07, 6.45) is 1.81. The Hall–Kier alpha value is -4.21. The molecular formula is C31H33N5O3S. The number of benzene rings is 2. The highest BCUT2D eigenvalue weighted by molar-refractivity contribution is 7.80. The van der Waals surface area contributed by atoms with Crippen LogP contribution in [0.3, 0.4) is 0 Å². The van der Waals surface area contributed by atoms with E-state index in [0.717, 1.165) is 51.0 Å². The summed E-state index contributed by atoms with van der Waals surface area (Å²) >= 11 is 5.94. The Morgan fingerprint density at radius 1 is 1.02 bits per heavy atom. The van der Waals surface area contributed by atoms with Crippen LogP contribution in [-0.2, 0) is 9.53 Å². The molecule has 2 atom stereocenters. The van der Waals surface area contributed by atoms with Crippen LogP contribution in [0.1, 0.15) is 40.3 Å². The van der Waals surface area contributed by atoms with Crippen molar-refractivity contribution >= 4 is 34.6 Å². The zero-order chi connectivity index (χ0) is 28.4. The van der Waals surface area contributed by atoms with Crippen LogP contribution in [0.15, 0.2) is 72.9 Å². The van der Waals surface area contributed by atoms with Crippen molar-refractivity contribution in [3.63, 3.8) is 0 Å². The summed E-state index contributed by atoms with van der Waals surface area (Å²) in [7, 11) is 3.18. The molecule has 0 bridgehead atoms. The summed E-state index contributed by atoms with van der Waals surface area (Å²) < 4.78 is 12.7. The minimum atomic E-state index is -0.199. The summed E-state index contributed by atoms with van der Waals surface area (Å²) in [5, 5.41) is 7.07. The highest BCUT2D eigenvalue weighted by atomic mass is 32.1. The lowest BCUT2D eigenvalue weighted by Gasteiger charge is -2.29. The number of amides is 1. The van der Waals surface area contributed by atoms with Gasteiger partial charge in [-0.3, -0.25) is 9.78 Å². The third-order valence-electron chi connectivity index (χ3n) is 7.24. The van der Waals surface area contributed by atoms with E-state index in [2.05, 4.69) is 51.1 Å². The highest BCUT2D eigenvalue weighted by Gasteiger charge is 2.42. The summed E-state index contributed by atoms with van der Waals surface area (Å²) in [6, 6.07) is 21.8. The van der Waals surface area contributed by atoms with Crippen LogP contribution >= 0.6 is 12.2 Å². The average molecular weight is 556 g/mol. The third-order valence-corrected chi connectivity index (χ3v) is 7.55. The van der Waals surface area contributed by atoms with E-state index >= 15 is 0 Å². The maximum absolute atomic E-state index is 12.1. The number of pyridine rings is 1. The number of methoxy groups -OCH3 is 2. The van der Waals surface area contributed by atoms with Crippen LogP contribution in [0.4, 0.5) is 11.4 Å². The predicted octanol–water partition coefficient (Wildman–Crippen LogP) is 5.57. The molecule has 1 fully saturated rings.